The SMILES string of the molecule is CC[C@H]1CC2C3CC[C@H](CCCNC(=O)NSC(C)(C)C)C3(C)CC[C@@H]2C2(C)CC[C@@H](O)CC12. The summed E-state index contributed by atoms with van der Waals surface area (Å²) in [5.74, 6) is 4.99. The molecule has 4 aliphatic rings. The molecule has 0 aromatic carbocycles. The van der Waals surface area contributed by atoms with Crippen LogP contribution < -0.4 is 10.0 Å². The molecule has 2 amide bonds. The molecule has 196 valence electrons. The van der Waals surface area contributed by atoms with Crippen molar-refractivity contribution in [2.45, 2.75) is 123 Å². The number of aliphatic hydroxyl groups is 1. The zero-order valence-corrected chi connectivity index (χ0v) is 23.6. The molecule has 4 nitrogen and oxygen atoms in total. The van der Waals surface area contributed by atoms with E-state index in [9.17, 15) is 9.90 Å². The van der Waals surface area contributed by atoms with E-state index in [4.69, 9.17) is 0 Å². The first-order valence-electron chi connectivity index (χ1n) is 14.4. The van der Waals surface area contributed by atoms with Crippen molar-refractivity contribution >= 4 is 18.0 Å². The minimum Gasteiger partial charge on any atom is -0.393 e. The normalized spacial score (nSPS) is 44.0. The third-order valence-corrected chi connectivity index (χ3v) is 11.9. The van der Waals surface area contributed by atoms with Gasteiger partial charge in [0.05, 0.1) is 6.10 Å². The number of hydrogen-bond acceptors (Lipinski definition) is 3. The molecule has 0 aromatic rings. The maximum absolute atomic E-state index is 12.1. The van der Waals surface area contributed by atoms with Crippen molar-refractivity contribution in [3.05, 3.63) is 0 Å². The summed E-state index contributed by atoms with van der Waals surface area (Å²) >= 11 is 1.48. The van der Waals surface area contributed by atoms with Crippen LogP contribution in [0.15, 0.2) is 0 Å². The second-order valence-electron chi connectivity index (χ2n) is 13.9. The van der Waals surface area contributed by atoms with Crippen LogP contribution in [0.5, 0.6) is 0 Å². The van der Waals surface area contributed by atoms with Gasteiger partial charge in [0.1, 0.15) is 0 Å². The van der Waals surface area contributed by atoms with Gasteiger partial charge in [-0.15, -0.1) is 0 Å². The molecule has 0 saturated heterocycles. The Morgan fingerprint density at radius 1 is 1.00 bits per heavy atom. The van der Waals surface area contributed by atoms with Gasteiger partial charge in [0, 0.05) is 11.3 Å². The van der Waals surface area contributed by atoms with Crippen molar-refractivity contribution in [3.8, 4) is 0 Å². The van der Waals surface area contributed by atoms with Gasteiger partial charge >= 0.3 is 6.03 Å². The van der Waals surface area contributed by atoms with E-state index in [1.807, 2.05) is 0 Å². The Balaban J connectivity index is 1.34. The Kier molecular flexibility index (Phi) is 7.95. The van der Waals surface area contributed by atoms with Crippen LogP contribution in [-0.2, 0) is 0 Å². The smallest absolute Gasteiger partial charge is 0.324 e. The standard InChI is InChI=1S/C29H52N2O2S/c1-7-19-17-22-23-11-10-20(9-8-16-30-26(33)31-34-27(2,3)4)28(23,5)15-13-24(22)29(6)14-12-21(32)18-25(19)29/h19-25,32H,7-18H2,1-6H3,(H2,30,31,33)/t19-,20-,21+,22?,23?,24-,25?,28?,29?/m0/s1. The van der Waals surface area contributed by atoms with E-state index < -0.39 is 0 Å². The van der Waals surface area contributed by atoms with Crippen molar-refractivity contribution in [2.75, 3.05) is 6.54 Å². The molecule has 4 fully saturated rings. The van der Waals surface area contributed by atoms with Crippen LogP contribution in [0.2, 0.25) is 0 Å². The van der Waals surface area contributed by atoms with Crippen LogP contribution in [0, 0.1) is 46.3 Å². The van der Waals surface area contributed by atoms with E-state index in [1.54, 1.807) is 0 Å². The summed E-state index contributed by atoms with van der Waals surface area (Å²) in [5.41, 5.74) is 0.936. The zero-order valence-electron chi connectivity index (χ0n) is 22.8. The Morgan fingerprint density at radius 2 is 1.71 bits per heavy atom. The number of amides is 2. The van der Waals surface area contributed by atoms with Gasteiger partial charge in [-0.2, -0.15) is 0 Å². The summed E-state index contributed by atoms with van der Waals surface area (Å²) in [6.07, 6.45) is 13.9. The van der Waals surface area contributed by atoms with Crippen LogP contribution >= 0.6 is 11.9 Å². The molecule has 5 unspecified atom stereocenters. The molecule has 9 atom stereocenters. The van der Waals surface area contributed by atoms with Crippen molar-refractivity contribution in [1.82, 2.24) is 10.0 Å². The van der Waals surface area contributed by atoms with Crippen LogP contribution in [0.4, 0.5) is 4.79 Å². The number of fused-ring (bicyclic) bond motifs is 5. The summed E-state index contributed by atoms with van der Waals surface area (Å²) in [4.78, 5) is 12.1. The molecule has 34 heavy (non-hydrogen) atoms. The molecule has 0 bridgehead atoms. The van der Waals surface area contributed by atoms with Gasteiger partial charge in [-0.05, 0) is 143 Å². The lowest BCUT2D eigenvalue weighted by Crippen LogP contribution is -2.56. The van der Waals surface area contributed by atoms with Crippen LogP contribution in [-0.4, -0.2) is 28.5 Å². The molecule has 4 saturated carbocycles. The van der Waals surface area contributed by atoms with E-state index in [2.05, 4.69) is 51.6 Å². The van der Waals surface area contributed by atoms with Gasteiger partial charge in [-0.3, -0.25) is 4.72 Å². The van der Waals surface area contributed by atoms with Gasteiger partial charge in [-0.25, -0.2) is 4.79 Å². The average Bonchev–Trinajstić information content (AvgIpc) is 3.11. The molecule has 0 radical (unpaired) electrons. The highest BCUT2D eigenvalue weighted by molar-refractivity contribution is 7.99. The monoisotopic (exact) mass is 492 g/mol. The van der Waals surface area contributed by atoms with E-state index >= 15 is 0 Å². The third kappa shape index (κ3) is 5.17. The summed E-state index contributed by atoms with van der Waals surface area (Å²) in [5, 5.41) is 13.5. The van der Waals surface area contributed by atoms with Gasteiger partial charge < -0.3 is 10.4 Å². The second-order valence-corrected chi connectivity index (χ2v) is 15.5. The highest BCUT2D eigenvalue weighted by Crippen LogP contribution is 2.69. The maximum Gasteiger partial charge on any atom is 0.324 e. The summed E-state index contributed by atoms with van der Waals surface area (Å²) in [7, 11) is 0. The Bertz CT molecular complexity index is 723. The zero-order chi connectivity index (χ0) is 24.7. The van der Waals surface area contributed by atoms with Crippen molar-refractivity contribution in [3.63, 3.8) is 0 Å². The Morgan fingerprint density at radius 3 is 2.41 bits per heavy atom. The number of nitrogens with one attached hydrogen (secondary N) is 2. The predicted octanol–water partition coefficient (Wildman–Crippen LogP) is 7.17. The minimum absolute atomic E-state index is 0.0358. The van der Waals surface area contributed by atoms with E-state index in [1.165, 1.54) is 63.3 Å². The van der Waals surface area contributed by atoms with Gasteiger partial charge in [0.25, 0.3) is 0 Å². The van der Waals surface area contributed by atoms with E-state index in [0.717, 1.165) is 61.3 Å². The highest BCUT2D eigenvalue weighted by atomic mass is 32.2. The molecule has 0 aromatic heterocycles. The number of rotatable bonds is 6. The minimum atomic E-state index is -0.0591. The first-order valence-corrected chi connectivity index (χ1v) is 15.2. The van der Waals surface area contributed by atoms with Gasteiger partial charge in [0.2, 0.25) is 0 Å². The first-order chi connectivity index (χ1) is 16.0. The topological polar surface area (TPSA) is 61.4 Å². The number of carbonyl (C=O) groups excluding carboxylic acids is 1. The quantitative estimate of drug-likeness (QED) is 0.272. The number of aliphatic hydroxyl groups excluding tert-OH is 1. The average molecular weight is 493 g/mol. The van der Waals surface area contributed by atoms with E-state index in [-0.39, 0.29) is 16.9 Å². The molecule has 0 heterocycles. The highest BCUT2D eigenvalue weighted by Gasteiger charge is 2.61. The lowest BCUT2D eigenvalue weighted by molar-refractivity contribution is -0.150. The largest absolute Gasteiger partial charge is 0.393 e. The summed E-state index contributed by atoms with van der Waals surface area (Å²) in [6.45, 7) is 14.7. The number of hydrogen-bond donors (Lipinski definition) is 3. The van der Waals surface area contributed by atoms with Gasteiger partial charge in [0.15, 0.2) is 0 Å². The first kappa shape index (κ1) is 26.6. The number of urea groups is 1. The van der Waals surface area contributed by atoms with Gasteiger partial charge in [-0.1, -0.05) is 27.2 Å². The van der Waals surface area contributed by atoms with Crippen molar-refractivity contribution in [1.29, 1.82) is 0 Å². The lowest BCUT2D eigenvalue weighted by atomic mass is 9.42. The molecular weight excluding hydrogens is 440 g/mol. The summed E-state index contributed by atoms with van der Waals surface area (Å²) < 4.78 is 2.96. The van der Waals surface area contributed by atoms with Crippen LogP contribution in [0.25, 0.3) is 0 Å². The second kappa shape index (κ2) is 10.1. The third-order valence-electron chi connectivity index (χ3n) is 11.0. The fourth-order valence-electron chi connectivity index (χ4n) is 9.30. The molecule has 5 heteroatoms. The molecule has 0 spiro atoms. The van der Waals surface area contributed by atoms with E-state index in [0.29, 0.717) is 10.8 Å². The summed E-state index contributed by atoms with van der Waals surface area (Å²) in [6, 6.07) is -0.0517. The molecule has 4 aliphatic carbocycles. The Hall–Kier alpha value is -0.420. The number of carbonyl (C=O) groups is 1. The molecule has 4 rings (SSSR count). The van der Waals surface area contributed by atoms with Crippen LogP contribution in [0.1, 0.15) is 112 Å². The molecule has 3 N–H and O–H groups in total. The van der Waals surface area contributed by atoms with Crippen LogP contribution in [0.3, 0.4) is 0 Å². The molecule has 0 aliphatic heterocycles. The Labute approximate surface area is 213 Å². The van der Waals surface area contributed by atoms with Crippen molar-refractivity contribution < 1.29 is 9.90 Å². The maximum atomic E-state index is 12.1. The fourth-order valence-corrected chi connectivity index (χ4v) is 9.77. The predicted molar refractivity (Wildman–Crippen MR) is 144 cm³/mol. The fraction of sp³-hybridized carbons (Fsp3) is 0.966. The molecular formula is C29H52N2O2S. The van der Waals surface area contributed by atoms with Crippen molar-refractivity contribution in [2.24, 2.45) is 46.3 Å². The lowest BCUT2D eigenvalue weighted by Gasteiger charge is -2.63.